The molecule has 1 fully saturated rings. The summed E-state index contributed by atoms with van der Waals surface area (Å²) < 4.78 is 7.17. The predicted molar refractivity (Wildman–Crippen MR) is 123 cm³/mol. The van der Waals surface area contributed by atoms with Crippen molar-refractivity contribution in [2.75, 3.05) is 46.7 Å². The van der Waals surface area contributed by atoms with E-state index in [0.717, 1.165) is 17.6 Å². The second kappa shape index (κ2) is 9.23. The number of aliphatic hydroxyl groups is 1. The number of ether oxygens (including phenoxy) is 1. The van der Waals surface area contributed by atoms with Gasteiger partial charge in [0.15, 0.2) is 5.65 Å². The third kappa shape index (κ3) is 4.59. The van der Waals surface area contributed by atoms with E-state index in [-0.39, 0.29) is 18.6 Å². The first-order valence-electron chi connectivity index (χ1n) is 10.7. The van der Waals surface area contributed by atoms with Gasteiger partial charge < -0.3 is 25.0 Å². The van der Waals surface area contributed by atoms with E-state index in [0.29, 0.717) is 30.3 Å². The Morgan fingerprint density at radius 2 is 2.00 bits per heavy atom. The maximum atomic E-state index is 13.0. The molecule has 1 amide bonds. The highest BCUT2D eigenvalue weighted by molar-refractivity contribution is 5.98. The van der Waals surface area contributed by atoms with Crippen LogP contribution < -0.4 is 5.32 Å². The second-order valence-corrected chi connectivity index (χ2v) is 8.62. The number of rotatable bonds is 6. The third-order valence-corrected chi connectivity index (χ3v) is 5.50. The summed E-state index contributed by atoms with van der Waals surface area (Å²) in [5.41, 5.74) is 3.18. The lowest BCUT2D eigenvalue weighted by Gasteiger charge is -2.28. The van der Waals surface area contributed by atoms with Crippen LogP contribution in [0.3, 0.4) is 0 Å². The number of aromatic nitrogens is 3. The van der Waals surface area contributed by atoms with Crippen LogP contribution in [0.15, 0.2) is 36.5 Å². The van der Waals surface area contributed by atoms with Crippen molar-refractivity contribution in [3.63, 3.8) is 0 Å². The van der Waals surface area contributed by atoms with Crippen molar-refractivity contribution in [3.8, 4) is 5.69 Å². The van der Waals surface area contributed by atoms with Crippen molar-refractivity contribution in [1.29, 1.82) is 0 Å². The van der Waals surface area contributed by atoms with Crippen molar-refractivity contribution >= 4 is 22.9 Å². The smallest absolute Gasteiger partial charge is 0.270 e. The summed E-state index contributed by atoms with van der Waals surface area (Å²) in [6.45, 7) is 1.70. The molecule has 1 aromatic carbocycles. The summed E-state index contributed by atoms with van der Waals surface area (Å²) in [6.07, 6.45) is 1.76. The highest BCUT2D eigenvalue weighted by Gasteiger charge is 2.25. The Kier molecular flexibility index (Phi) is 6.40. The van der Waals surface area contributed by atoms with Crippen LogP contribution >= 0.6 is 0 Å². The molecule has 0 spiro atoms. The lowest BCUT2D eigenvalue weighted by atomic mass is 10.1. The molecule has 0 bridgehead atoms. The van der Waals surface area contributed by atoms with Crippen LogP contribution in [0.25, 0.3) is 16.7 Å². The minimum Gasteiger partial charge on any atom is -0.389 e. The minimum atomic E-state index is -0.620. The molecule has 2 atom stereocenters. The molecule has 0 aliphatic carbocycles. The molecule has 3 aromatic rings. The van der Waals surface area contributed by atoms with E-state index in [4.69, 9.17) is 9.72 Å². The monoisotopic (exact) mass is 438 g/mol. The van der Waals surface area contributed by atoms with E-state index in [2.05, 4.69) is 27.3 Å². The van der Waals surface area contributed by atoms with E-state index in [9.17, 15) is 9.90 Å². The van der Waals surface area contributed by atoms with Crippen LogP contribution in [0.5, 0.6) is 0 Å². The third-order valence-electron chi connectivity index (χ3n) is 5.50. The average molecular weight is 439 g/mol. The molecular formula is C23H30N6O3. The maximum Gasteiger partial charge on any atom is 0.270 e. The first kappa shape index (κ1) is 22.2. The average Bonchev–Trinajstić information content (AvgIpc) is 3.13. The Bertz CT molecular complexity index is 1090. The molecular weight excluding hydrogens is 408 g/mol. The van der Waals surface area contributed by atoms with E-state index in [1.165, 1.54) is 5.56 Å². The minimum absolute atomic E-state index is 0.116. The van der Waals surface area contributed by atoms with Gasteiger partial charge in [-0.25, -0.2) is 4.98 Å². The van der Waals surface area contributed by atoms with E-state index < -0.39 is 6.10 Å². The molecule has 3 heterocycles. The van der Waals surface area contributed by atoms with Crippen molar-refractivity contribution in [2.24, 2.45) is 0 Å². The Hall–Kier alpha value is -3.01. The number of carbonyl (C=O) groups excluding carboxylic acids is 1. The quantitative estimate of drug-likeness (QED) is 0.605. The highest BCUT2D eigenvalue weighted by atomic mass is 16.5. The van der Waals surface area contributed by atoms with Gasteiger partial charge in [0, 0.05) is 44.5 Å². The van der Waals surface area contributed by atoms with Gasteiger partial charge in [-0.3, -0.25) is 9.36 Å². The zero-order valence-corrected chi connectivity index (χ0v) is 18.9. The number of fused-ring (bicyclic) bond motifs is 1. The standard InChI is InChI=1S/C23H30N6O3/c1-27(2)13-15-5-7-17(8-6-15)29-19(22(31)28(3)4)11-16-12-24-23(26-21(16)29)25-18-9-10-32-14-20(18)30/h5-8,11-12,18,20,30H,9-10,13-14H2,1-4H3,(H,24,25,26)/t18-,20-/m1/s1. The predicted octanol–water partition coefficient (Wildman–Crippen LogP) is 1.75. The zero-order chi connectivity index (χ0) is 22.8. The molecule has 2 N–H and O–H groups in total. The molecule has 9 nitrogen and oxygen atoms in total. The van der Waals surface area contributed by atoms with Crippen LogP contribution in [0.4, 0.5) is 5.95 Å². The molecule has 32 heavy (non-hydrogen) atoms. The summed E-state index contributed by atoms with van der Waals surface area (Å²) in [7, 11) is 7.52. The Morgan fingerprint density at radius 1 is 1.25 bits per heavy atom. The second-order valence-electron chi connectivity index (χ2n) is 8.62. The van der Waals surface area contributed by atoms with Gasteiger partial charge in [0.25, 0.3) is 5.91 Å². The molecule has 1 aliphatic rings. The number of nitrogens with zero attached hydrogens (tertiary/aromatic N) is 5. The number of anilines is 1. The number of hydrogen-bond donors (Lipinski definition) is 2. The first-order valence-corrected chi connectivity index (χ1v) is 10.7. The molecule has 9 heteroatoms. The maximum absolute atomic E-state index is 13.0. The van der Waals surface area contributed by atoms with Crippen LogP contribution in [0, 0.1) is 0 Å². The number of amides is 1. The van der Waals surface area contributed by atoms with Crippen molar-refractivity contribution < 1.29 is 14.6 Å². The molecule has 0 radical (unpaired) electrons. The summed E-state index contributed by atoms with van der Waals surface area (Å²) in [5.74, 6) is 0.297. The van der Waals surface area contributed by atoms with Gasteiger partial charge in [0.1, 0.15) is 5.69 Å². The van der Waals surface area contributed by atoms with Gasteiger partial charge in [-0.15, -0.1) is 0 Å². The Balaban J connectivity index is 1.76. The fourth-order valence-electron chi connectivity index (χ4n) is 3.88. The lowest BCUT2D eigenvalue weighted by Crippen LogP contribution is -2.42. The van der Waals surface area contributed by atoms with Crippen LogP contribution in [-0.4, -0.2) is 88.9 Å². The van der Waals surface area contributed by atoms with E-state index in [1.54, 1.807) is 25.2 Å². The molecule has 1 saturated heterocycles. The van der Waals surface area contributed by atoms with Gasteiger partial charge in [-0.05, 0) is 44.3 Å². The fraction of sp³-hybridized carbons (Fsp3) is 0.435. The van der Waals surface area contributed by atoms with Crippen LogP contribution in [0.1, 0.15) is 22.5 Å². The number of aliphatic hydroxyl groups excluding tert-OH is 1. The molecule has 0 unspecified atom stereocenters. The molecule has 4 rings (SSSR count). The largest absolute Gasteiger partial charge is 0.389 e. The normalized spacial score (nSPS) is 18.8. The zero-order valence-electron chi connectivity index (χ0n) is 18.9. The fourth-order valence-corrected chi connectivity index (χ4v) is 3.88. The van der Waals surface area contributed by atoms with Crippen molar-refractivity contribution in [1.82, 2.24) is 24.3 Å². The first-order chi connectivity index (χ1) is 15.3. The lowest BCUT2D eigenvalue weighted by molar-refractivity contribution is -0.0136. The van der Waals surface area contributed by atoms with Gasteiger partial charge in [-0.1, -0.05) is 12.1 Å². The molecule has 170 valence electrons. The summed E-state index contributed by atoms with van der Waals surface area (Å²) in [6, 6.07) is 9.76. The molecule has 1 aliphatic heterocycles. The summed E-state index contributed by atoms with van der Waals surface area (Å²) in [4.78, 5) is 25.8. The van der Waals surface area contributed by atoms with Gasteiger partial charge in [-0.2, -0.15) is 4.98 Å². The van der Waals surface area contributed by atoms with E-state index >= 15 is 0 Å². The summed E-state index contributed by atoms with van der Waals surface area (Å²) >= 11 is 0. The van der Waals surface area contributed by atoms with Crippen molar-refractivity contribution in [2.45, 2.75) is 25.1 Å². The van der Waals surface area contributed by atoms with Crippen molar-refractivity contribution in [3.05, 3.63) is 47.8 Å². The number of carbonyl (C=O) groups is 1. The SMILES string of the molecule is CN(C)Cc1ccc(-n2c(C(=O)N(C)C)cc3cnc(N[C@@H]4CCOC[C@H]4O)nc32)cc1. The molecule has 2 aromatic heterocycles. The Morgan fingerprint density at radius 3 is 2.66 bits per heavy atom. The van der Waals surface area contributed by atoms with Crippen LogP contribution in [-0.2, 0) is 11.3 Å². The number of nitrogens with one attached hydrogen (secondary N) is 1. The topological polar surface area (TPSA) is 95.8 Å². The highest BCUT2D eigenvalue weighted by Crippen LogP contribution is 2.25. The molecule has 0 saturated carbocycles. The number of hydrogen-bond acceptors (Lipinski definition) is 7. The summed E-state index contributed by atoms with van der Waals surface area (Å²) in [5, 5.41) is 14.2. The van der Waals surface area contributed by atoms with Gasteiger partial charge in [0.2, 0.25) is 5.95 Å². The Labute approximate surface area is 187 Å². The number of benzene rings is 1. The van der Waals surface area contributed by atoms with Gasteiger partial charge >= 0.3 is 0 Å². The van der Waals surface area contributed by atoms with Crippen LogP contribution in [0.2, 0.25) is 0 Å². The van der Waals surface area contributed by atoms with E-state index in [1.807, 2.05) is 36.9 Å². The van der Waals surface area contributed by atoms with Gasteiger partial charge in [0.05, 0.1) is 18.8 Å².